The highest BCUT2D eigenvalue weighted by Gasteiger charge is 2.20. The van der Waals surface area contributed by atoms with Crippen LogP contribution < -0.4 is 5.72 Å². The molecule has 0 aliphatic carbocycles. The summed E-state index contributed by atoms with van der Waals surface area (Å²) in [7, 11) is 0. The predicted molar refractivity (Wildman–Crippen MR) is 28.2 cm³/mol. The first-order valence-electron chi connectivity index (χ1n) is 3.13. The van der Waals surface area contributed by atoms with Crippen LogP contribution in [0.4, 0.5) is 0 Å². The van der Waals surface area contributed by atoms with Gasteiger partial charge in [-0.2, -0.15) is 0 Å². The lowest BCUT2D eigenvalue weighted by molar-refractivity contribution is 0.0698. The van der Waals surface area contributed by atoms with Gasteiger partial charge in [0.2, 0.25) is 0 Å². The van der Waals surface area contributed by atoms with Gasteiger partial charge in [0.05, 0.1) is 25.4 Å². The van der Waals surface area contributed by atoms with E-state index in [-0.39, 0.29) is 5.72 Å². The van der Waals surface area contributed by atoms with Crippen LogP contribution in [0.1, 0.15) is 0 Å². The highest BCUT2D eigenvalue weighted by molar-refractivity contribution is 4.80. The van der Waals surface area contributed by atoms with E-state index >= 15 is 0 Å². The third-order valence-corrected chi connectivity index (χ3v) is 0.883. The van der Waals surface area contributed by atoms with Crippen molar-refractivity contribution in [3.05, 3.63) is 0 Å². The van der Waals surface area contributed by atoms with Crippen molar-refractivity contribution in [3.63, 3.8) is 0 Å². The van der Waals surface area contributed by atoms with Crippen LogP contribution in [0.15, 0.2) is 0 Å². The Balaban J connectivity index is 4.15. The molecule has 5 N–H and O–H groups in total. The van der Waals surface area contributed by atoms with Gasteiger partial charge in [-0.3, -0.25) is 0 Å². The van der Waals surface area contributed by atoms with Gasteiger partial charge in [0.15, 0.2) is 0 Å². The zero-order valence-electron chi connectivity index (χ0n) is 6.41. The van der Waals surface area contributed by atoms with E-state index in [0.717, 1.165) is 0 Å². The molecule has 0 atom stereocenters. The van der Waals surface area contributed by atoms with Crippen molar-refractivity contribution < 1.29 is 18.1 Å². The largest absolute Gasteiger partial charge is 0.394 e. The standard InChI is InChI=1S/C4H11NO3/c5-4(1-6,2-7)3-8/h6-8H,1-3,5H2/i/hD2. The fourth-order valence-corrected chi connectivity index (χ4v) is 0.150. The monoisotopic (exact) mass is 123 g/mol. The van der Waals surface area contributed by atoms with E-state index in [1.54, 1.807) is 0 Å². The van der Waals surface area contributed by atoms with E-state index in [1.807, 2.05) is 0 Å². The van der Waals surface area contributed by atoms with E-state index in [1.165, 1.54) is 0 Å². The molecule has 0 amide bonds. The Morgan fingerprint density at radius 1 is 1.25 bits per heavy atom. The van der Waals surface area contributed by atoms with Crippen LogP contribution >= 0.6 is 0 Å². The molecule has 0 aliphatic rings. The summed E-state index contributed by atoms with van der Waals surface area (Å²) in [6.07, 6.45) is 0. The van der Waals surface area contributed by atoms with Crippen LogP contribution in [-0.4, -0.2) is 40.7 Å². The Morgan fingerprint density at radius 2 is 1.62 bits per heavy atom. The van der Waals surface area contributed by atoms with Crippen LogP contribution in [0, 0.1) is 0 Å². The Hall–Kier alpha value is -0.160. The summed E-state index contributed by atoms with van der Waals surface area (Å²) >= 11 is 0. The van der Waals surface area contributed by atoms with Gasteiger partial charge in [-0.1, -0.05) is 0 Å². The Kier molecular flexibility index (Phi) is 1.75. The SMILES string of the molecule is [2H]N([2H])C(CO)(CO)CO. The number of rotatable bonds is 4. The summed E-state index contributed by atoms with van der Waals surface area (Å²) in [6.45, 7) is -1.85. The first-order valence-corrected chi connectivity index (χ1v) is 2.23. The molecule has 0 heterocycles. The number of aliphatic hydroxyl groups is 3. The molecule has 0 aromatic carbocycles. The fourth-order valence-electron chi connectivity index (χ4n) is 0.150. The number of hydrogen-bond acceptors (Lipinski definition) is 4. The van der Waals surface area contributed by atoms with Crippen LogP contribution in [0.2, 0.25) is 2.82 Å². The maximum atomic E-state index is 8.55. The summed E-state index contributed by atoms with van der Waals surface area (Å²) in [4.78, 5) is 0. The maximum absolute atomic E-state index is 8.55. The van der Waals surface area contributed by atoms with Gasteiger partial charge in [0.1, 0.15) is 2.82 Å². The average molecular weight is 123 g/mol. The smallest absolute Gasteiger partial charge is 0.119 e. The van der Waals surface area contributed by atoms with Crippen LogP contribution in [0.3, 0.4) is 0 Å². The third kappa shape index (κ3) is 1.75. The molecular formula is C4H11NO3. The second kappa shape index (κ2) is 2.99. The summed E-state index contributed by atoms with van der Waals surface area (Å²) in [5.74, 6) is 0. The van der Waals surface area contributed by atoms with Crippen molar-refractivity contribution in [2.24, 2.45) is 5.72 Å². The van der Waals surface area contributed by atoms with Crippen LogP contribution in [0.25, 0.3) is 0 Å². The minimum absolute atomic E-state index is 0.104. The topological polar surface area (TPSA) is 86.7 Å². The molecule has 0 fully saturated rings. The predicted octanol–water partition coefficient (Wildman–Crippen LogP) is -2.34. The van der Waals surface area contributed by atoms with Gasteiger partial charge in [0, 0.05) is 0 Å². The maximum Gasteiger partial charge on any atom is 0.119 e. The molecule has 0 aliphatic heterocycles. The van der Waals surface area contributed by atoms with Crippen molar-refractivity contribution in [1.82, 2.24) is 0 Å². The average Bonchev–Trinajstić information content (AvgIpc) is 1.92. The Labute approximate surface area is 50.5 Å². The van der Waals surface area contributed by atoms with E-state index in [4.69, 9.17) is 18.1 Å². The molecule has 0 aromatic rings. The van der Waals surface area contributed by atoms with Crippen molar-refractivity contribution >= 4 is 0 Å². The second-order valence-corrected chi connectivity index (χ2v) is 1.70. The molecule has 0 saturated heterocycles. The Bertz CT molecular complexity index is 88.2. The van der Waals surface area contributed by atoms with Crippen LogP contribution in [0.5, 0.6) is 0 Å². The van der Waals surface area contributed by atoms with Gasteiger partial charge in [-0.25, -0.2) is 0 Å². The molecule has 0 bridgehead atoms. The number of hydrogen-bond donors (Lipinski definition) is 4. The molecule has 0 rings (SSSR count). The first-order chi connectivity index (χ1) is 4.63. The molecule has 0 aromatic heterocycles. The van der Waals surface area contributed by atoms with Crippen molar-refractivity contribution in [1.29, 1.82) is 0 Å². The van der Waals surface area contributed by atoms with E-state index in [2.05, 4.69) is 0 Å². The summed E-state index contributed by atoms with van der Waals surface area (Å²) in [5.41, 5.74) is -1.44. The highest BCUT2D eigenvalue weighted by Crippen LogP contribution is 1.93. The minimum Gasteiger partial charge on any atom is -0.394 e. The molecule has 4 nitrogen and oxygen atoms in total. The second-order valence-electron chi connectivity index (χ2n) is 1.70. The summed E-state index contributed by atoms with van der Waals surface area (Å²) in [6, 6.07) is 0. The lowest BCUT2D eigenvalue weighted by Crippen LogP contribution is -2.50. The van der Waals surface area contributed by atoms with Crippen molar-refractivity contribution in [2.45, 2.75) is 5.54 Å². The lowest BCUT2D eigenvalue weighted by Gasteiger charge is -2.20. The quantitative estimate of drug-likeness (QED) is 0.337. The molecular weight excluding hydrogens is 110 g/mol. The molecule has 0 spiro atoms. The zero-order valence-corrected chi connectivity index (χ0v) is 4.41. The lowest BCUT2D eigenvalue weighted by atomic mass is 10.1. The Morgan fingerprint density at radius 3 is 1.62 bits per heavy atom. The highest BCUT2D eigenvalue weighted by atomic mass is 16.3. The third-order valence-electron chi connectivity index (χ3n) is 0.883. The molecule has 0 saturated carbocycles. The van der Waals surface area contributed by atoms with E-state index < -0.39 is 25.4 Å². The fraction of sp³-hybridized carbons (Fsp3) is 1.00. The zero-order chi connectivity index (χ0) is 8.20. The molecule has 8 heavy (non-hydrogen) atoms. The van der Waals surface area contributed by atoms with Crippen LogP contribution in [-0.2, 0) is 0 Å². The molecule has 0 radical (unpaired) electrons. The van der Waals surface area contributed by atoms with Gasteiger partial charge in [0.25, 0.3) is 0 Å². The molecule has 50 valence electrons. The van der Waals surface area contributed by atoms with Gasteiger partial charge < -0.3 is 21.0 Å². The first kappa shape index (κ1) is 4.69. The van der Waals surface area contributed by atoms with Gasteiger partial charge in [-0.15, -0.1) is 0 Å². The minimum atomic E-state index is -1.54. The van der Waals surface area contributed by atoms with Gasteiger partial charge >= 0.3 is 0 Å². The summed E-state index contributed by atoms with van der Waals surface area (Å²) < 4.78 is 13.4. The molecule has 0 unspecified atom stereocenters. The van der Waals surface area contributed by atoms with Gasteiger partial charge in [-0.05, 0) is 0 Å². The number of aliphatic hydroxyl groups excluding tert-OH is 3. The normalized spacial score (nSPS) is 16.0. The van der Waals surface area contributed by atoms with E-state index in [9.17, 15) is 0 Å². The van der Waals surface area contributed by atoms with Crippen molar-refractivity contribution in [3.8, 4) is 0 Å². The molecule has 4 heteroatoms. The summed E-state index contributed by atoms with van der Waals surface area (Å²) in [5, 5.41) is 25.6. The van der Waals surface area contributed by atoms with E-state index in [0.29, 0.717) is 0 Å². The number of nitrogens with two attached hydrogens (primary N) is 1. The van der Waals surface area contributed by atoms with Crippen molar-refractivity contribution in [2.75, 3.05) is 19.8 Å².